The Morgan fingerprint density at radius 2 is 2.14 bits per heavy atom. The molecule has 2 heterocycles. The molecule has 0 aromatic heterocycles. The quantitative estimate of drug-likeness (QED) is 0.632. The molecule has 6 nitrogen and oxygen atoms in total. The first-order valence-corrected chi connectivity index (χ1v) is 7.98. The molecule has 2 saturated heterocycles. The SMILES string of the molecule is CC(C)Oc1cc(N2CCN3CCCC3C2)ccc1[N+](=O)[O-]. The highest BCUT2D eigenvalue weighted by molar-refractivity contribution is 5.59. The monoisotopic (exact) mass is 305 g/mol. The van der Waals surface area contributed by atoms with E-state index in [1.54, 1.807) is 6.07 Å². The van der Waals surface area contributed by atoms with E-state index in [1.165, 1.54) is 19.4 Å². The van der Waals surface area contributed by atoms with Gasteiger partial charge in [-0.3, -0.25) is 15.0 Å². The van der Waals surface area contributed by atoms with Crippen LogP contribution in [0.25, 0.3) is 0 Å². The average Bonchev–Trinajstić information content (AvgIpc) is 2.93. The van der Waals surface area contributed by atoms with Gasteiger partial charge in [0.25, 0.3) is 0 Å². The van der Waals surface area contributed by atoms with Crippen molar-refractivity contribution < 1.29 is 9.66 Å². The van der Waals surface area contributed by atoms with Crippen LogP contribution >= 0.6 is 0 Å². The standard InChI is InChI=1S/C16H23N3O3/c1-12(2)22-16-10-13(5-6-15(16)19(20)21)18-9-8-17-7-3-4-14(17)11-18/h5-6,10,12,14H,3-4,7-9,11H2,1-2H3. The highest BCUT2D eigenvalue weighted by Crippen LogP contribution is 2.34. The third kappa shape index (κ3) is 3.02. The molecule has 0 saturated carbocycles. The van der Waals surface area contributed by atoms with Gasteiger partial charge in [-0.1, -0.05) is 0 Å². The molecule has 0 aliphatic carbocycles. The van der Waals surface area contributed by atoms with Crippen LogP contribution in [0.5, 0.6) is 5.75 Å². The Morgan fingerprint density at radius 1 is 1.32 bits per heavy atom. The molecule has 2 fully saturated rings. The summed E-state index contributed by atoms with van der Waals surface area (Å²) in [5.41, 5.74) is 1.06. The van der Waals surface area contributed by atoms with Crippen LogP contribution in [-0.4, -0.2) is 48.1 Å². The second-order valence-electron chi connectivity index (χ2n) is 6.35. The molecule has 0 N–H and O–H groups in total. The summed E-state index contributed by atoms with van der Waals surface area (Å²) in [5.74, 6) is 0.367. The first-order valence-electron chi connectivity index (χ1n) is 7.98. The predicted octanol–water partition coefficient (Wildman–Crippen LogP) is 2.67. The van der Waals surface area contributed by atoms with Crippen molar-refractivity contribution in [2.45, 2.75) is 38.8 Å². The minimum Gasteiger partial charge on any atom is -0.484 e. The second-order valence-corrected chi connectivity index (χ2v) is 6.35. The van der Waals surface area contributed by atoms with Crippen LogP contribution in [0.1, 0.15) is 26.7 Å². The van der Waals surface area contributed by atoms with Crippen LogP contribution < -0.4 is 9.64 Å². The molecule has 0 radical (unpaired) electrons. The number of hydrogen-bond donors (Lipinski definition) is 0. The van der Waals surface area contributed by atoms with E-state index in [-0.39, 0.29) is 16.7 Å². The van der Waals surface area contributed by atoms with E-state index in [2.05, 4.69) is 9.80 Å². The zero-order valence-corrected chi connectivity index (χ0v) is 13.2. The molecule has 0 spiro atoms. The molecule has 22 heavy (non-hydrogen) atoms. The summed E-state index contributed by atoms with van der Waals surface area (Å²) in [6.45, 7) is 8.01. The number of ether oxygens (including phenoxy) is 1. The van der Waals surface area contributed by atoms with Crippen molar-refractivity contribution in [2.75, 3.05) is 31.1 Å². The third-order valence-electron chi connectivity index (χ3n) is 4.46. The van der Waals surface area contributed by atoms with E-state index in [0.717, 1.165) is 25.3 Å². The number of benzene rings is 1. The van der Waals surface area contributed by atoms with Crippen LogP contribution in [0.2, 0.25) is 0 Å². The summed E-state index contributed by atoms with van der Waals surface area (Å²) in [7, 11) is 0. The summed E-state index contributed by atoms with van der Waals surface area (Å²) < 4.78 is 5.65. The number of piperazine rings is 1. The molecule has 1 aromatic carbocycles. The number of nitro groups is 1. The van der Waals surface area contributed by atoms with E-state index in [4.69, 9.17) is 4.74 Å². The van der Waals surface area contributed by atoms with Crippen molar-refractivity contribution in [2.24, 2.45) is 0 Å². The normalized spacial score (nSPS) is 22.0. The van der Waals surface area contributed by atoms with E-state index in [0.29, 0.717) is 11.8 Å². The van der Waals surface area contributed by atoms with Gasteiger partial charge in [-0.05, 0) is 39.3 Å². The summed E-state index contributed by atoms with van der Waals surface area (Å²) in [6, 6.07) is 5.85. The van der Waals surface area contributed by atoms with Crippen molar-refractivity contribution in [1.29, 1.82) is 0 Å². The smallest absolute Gasteiger partial charge is 0.311 e. The summed E-state index contributed by atoms with van der Waals surface area (Å²) in [5, 5.41) is 11.1. The predicted molar refractivity (Wildman–Crippen MR) is 85.7 cm³/mol. The van der Waals surface area contributed by atoms with Crippen molar-refractivity contribution in [3.63, 3.8) is 0 Å². The fourth-order valence-corrected chi connectivity index (χ4v) is 3.42. The fourth-order valence-electron chi connectivity index (χ4n) is 3.42. The average molecular weight is 305 g/mol. The lowest BCUT2D eigenvalue weighted by Crippen LogP contribution is -2.50. The molecule has 2 aliphatic rings. The first kappa shape index (κ1) is 15.1. The molecule has 1 atom stereocenters. The Bertz CT molecular complexity index is 562. The highest BCUT2D eigenvalue weighted by atomic mass is 16.6. The van der Waals surface area contributed by atoms with Gasteiger partial charge in [-0.25, -0.2) is 0 Å². The molecular formula is C16H23N3O3. The zero-order chi connectivity index (χ0) is 15.7. The van der Waals surface area contributed by atoms with Gasteiger partial charge in [-0.2, -0.15) is 0 Å². The van der Waals surface area contributed by atoms with Gasteiger partial charge in [-0.15, -0.1) is 0 Å². The number of anilines is 1. The minimum atomic E-state index is -0.379. The van der Waals surface area contributed by atoms with Gasteiger partial charge in [0.05, 0.1) is 11.0 Å². The minimum absolute atomic E-state index is 0.0388. The lowest BCUT2D eigenvalue weighted by Gasteiger charge is -2.38. The summed E-state index contributed by atoms with van der Waals surface area (Å²) in [4.78, 5) is 15.6. The molecule has 0 amide bonds. The molecule has 3 rings (SSSR count). The van der Waals surface area contributed by atoms with Gasteiger partial charge in [0.2, 0.25) is 0 Å². The first-order chi connectivity index (χ1) is 10.5. The Hall–Kier alpha value is -1.82. The van der Waals surface area contributed by atoms with Gasteiger partial charge in [0.15, 0.2) is 5.75 Å². The van der Waals surface area contributed by atoms with Crippen LogP contribution in [0.15, 0.2) is 18.2 Å². The number of fused-ring (bicyclic) bond motifs is 1. The maximum atomic E-state index is 11.1. The van der Waals surface area contributed by atoms with Crippen LogP contribution in [-0.2, 0) is 0 Å². The van der Waals surface area contributed by atoms with E-state index >= 15 is 0 Å². The number of nitrogens with zero attached hydrogens (tertiary/aromatic N) is 3. The Kier molecular flexibility index (Phi) is 4.20. The van der Waals surface area contributed by atoms with E-state index in [9.17, 15) is 10.1 Å². The number of nitro benzene ring substituents is 1. The molecule has 0 bridgehead atoms. The van der Waals surface area contributed by atoms with Gasteiger partial charge in [0, 0.05) is 43.5 Å². The molecule has 1 aromatic rings. The third-order valence-corrected chi connectivity index (χ3v) is 4.46. The maximum Gasteiger partial charge on any atom is 0.311 e. The Labute approximate surface area is 130 Å². The highest BCUT2D eigenvalue weighted by Gasteiger charge is 2.31. The topological polar surface area (TPSA) is 58.8 Å². The Morgan fingerprint density at radius 3 is 2.86 bits per heavy atom. The largest absolute Gasteiger partial charge is 0.484 e. The molecule has 2 aliphatic heterocycles. The lowest BCUT2D eigenvalue weighted by molar-refractivity contribution is -0.386. The molecular weight excluding hydrogens is 282 g/mol. The fraction of sp³-hybridized carbons (Fsp3) is 0.625. The van der Waals surface area contributed by atoms with E-state index in [1.807, 2.05) is 26.0 Å². The van der Waals surface area contributed by atoms with Gasteiger partial charge >= 0.3 is 5.69 Å². The van der Waals surface area contributed by atoms with Crippen LogP contribution in [0.4, 0.5) is 11.4 Å². The van der Waals surface area contributed by atoms with Crippen molar-refractivity contribution in [3.05, 3.63) is 28.3 Å². The van der Waals surface area contributed by atoms with Crippen LogP contribution in [0.3, 0.4) is 0 Å². The maximum absolute atomic E-state index is 11.1. The number of rotatable bonds is 4. The number of hydrogen-bond acceptors (Lipinski definition) is 5. The van der Waals surface area contributed by atoms with Crippen molar-refractivity contribution in [1.82, 2.24) is 4.90 Å². The summed E-state index contributed by atoms with van der Waals surface area (Å²) >= 11 is 0. The molecule has 1 unspecified atom stereocenters. The van der Waals surface area contributed by atoms with Crippen molar-refractivity contribution in [3.8, 4) is 5.75 Å². The zero-order valence-electron chi connectivity index (χ0n) is 13.2. The van der Waals surface area contributed by atoms with E-state index < -0.39 is 0 Å². The van der Waals surface area contributed by atoms with Gasteiger partial charge in [0.1, 0.15) is 0 Å². The summed E-state index contributed by atoms with van der Waals surface area (Å²) in [6.07, 6.45) is 2.44. The van der Waals surface area contributed by atoms with Crippen LogP contribution in [0, 0.1) is 10.1 Å². The van der Waals surface area contributed by atoms with Gasteiger partial charge < -0.3 is 9.64 Å². The Balaban J connectivity index is 1.83. The van der Waals surface area contributed by atoms with Crippen molar-refractivity contribution >= 4 is 11.4 Å². The second kappa shape index (κ2) is 6.12. The molecule has 120 valence electrons. The molecule has 6 heteroatoms. The lowest BCUT2D eigenvalue weighted by atomic mass is 10.1.